The minimum absolute atomic E-state index is 0.0572. The van der Waals surface area contributed by atoms with E-state index in [-0.39, 0.29) is 6.61 Å². The Morgan fingerprint density at radius 1 is 1.21 bits per heavy atom. The van der Waals surface area contributed by atoms with Crippen LogP contribution in [0, 0.1) is 0 Å². The standard InChI is InChI=1S/C15H18N2O2/c1-2-19-14-7-4-8-16-15(14)17-10-12-5-3-6-13(9-12)11-18/h3-9,18H,2,10-11H2,1H3,(H,16,17). The van der Waals surface area contributed by atoms with Crippen LogP contribution < -0.4 is 10.1 Å². The molecule has 0 saturated carbocycles. The number of benzene rings is 1. The van der Waals surface area contributed by atoms with Gasteiger partial charge in [0.1, 0.15) is 0 Å². The van der Waals surface area contributed by atoms with Gasteiger partial charge in [-0.05, 0) is 30.2 Å². The number of anilines is 1. The van der Waals surface area contributed by atoms with Gasteiger partial charge in [0.05, 0.1) is 13.2 Å². The summed E-state index contributed by atoms with van der Waals surface area (Å²) in [5, 5.41) is 12.4. The lowest BCUT2D eigenvalue weighted by Crippen LogP contribution is -2.04. The fourth-order valence-corrected chi connectivity index (χ4v) is 1.82. The van der Waals surface area contributed by atoms with Gasteiger partial charge in [0, 0.05) is 12.7 Å². The molecule has 0 saturated heterocycles. The van der Waals surface area contributed by atoms with Crippen LogP contribution >= 0.6 is 0 Å². The smallest absolute Gasteiger partial charge is 0.169 e. The Bertz CT molecular complexity index is 529. The number of aliphatic hydroxyl groups is 1. The summed E-state index contributed by atoms with van der Waals surface area (Å²) in [5.41, 5.74) is 2.00. The van der Waals surface area contributed by atoms with Gasteiger partial charge in [0.15, 0.2) is 11.6 Å². The summed E-state index contributed by atoms with van der Waals surface area (Å²) in [6, 6.07) is 11.6. The molecular formula is C15H18N2O2. The molecule has 4 heteroatoms. The number of hydrogen-bond acceptors (Lipinski definition) is 4. The van der Waals surface area contributed by atoms with E-state index < -0.39 is 0 Å². The Morgan fingerprint density at radius 2 is 2.05 bits per heavy atom. The highest BCUT2D eigenvalue weighted by Crippen LogP contribution is 2.21. The van der Waals surface area contributed by atoms with E-state index in [0.29, 0.717) is 13.2 Å². The molecule has 0 aliphatic rings. The van der Waals surface area contributed by atoms with Crippen molar-refractivity contribution in [2.24, 2.45) is 0 Å². The van der Waals surface area contributed by atoms with Gasteiger partial charge in [0.25, 0.3) is 0 Å². The number of aliphatic hydroxyl groups excluding tert-OH is 1. The molecule has 0 aliphatic heterocycles. The average Bonchev–Trinajstić information content (AvgIpc) is 2.47. The fraction of sp³-hybridized carbons (Fsp3) is 0.267. The van der Waals surface area contributed by atoms with Gasteiger partial charge >= 0.3 is 0 Å². The van der Waals surface area contributed by atoms with Gasteiger partial charge < -0.3 is 15.2 Å². The second-order valence-corrected chi connectivity index (χ2v) is 4.11. The Labute approximate surface area is 113 Å². The zero-order chi connectivity index (χ0) is 13.5. The molecular weight excluding hydrogens is 240 g/mol. The van der Waals surface area contributed by atoms with Crippen LogP contribution in [0.25, 0.3) is 0 Å². The maximum Gasteiger partial charge on any atom is 0.169 e. The van der Waals surface area contributed by atoms with Crippen molar-refractivity contribution in [2.75, 3.05) is 11.9 Å². The molecule has 0 fully saturated rings. The van der Waals surface area contributed by atoms with Gasteiger partial charge in [0.2, 0.25) is 0 Å². The third-order valence-corrected chi connectivity index (χ3v) is 2.70. The summed E-state index contributed by atoms with van der Waals surface area (Å²) < 4.78 is 5.51. The quantitative estimate of drug-likeness (QED) is 0.836. The predicted molar refractivity (Wildman–Crippen MR) is 75.1 cm³/mol. The Balaban J connectivity index is 2.05. The number of aromatic nitrogens is 1. The third kappa shape index (κ3) is 3.69. The molecule has 1 heterocycles. The van der Waals surface area contributed by atoms with Crippen molar-refractivity contribution in [1.29, 1.82) is 0 Å². The van der Waals surface area contributed by atoms with Gasteiger partial charge in [-0.1, -0.05) is 24.3 Å². The van der Waals surface area contributed by atoms with Crippen LogP contribution in [0.2, 0.25) is 0 Å². The van der Waals surface area contributed by atoms with E-state index in [1.54, 1.807) is 6.20 Å². The molecule has 1 aromatic heterocycles. The molecule has 2 N–H and O–H groups in total. The molecule has 19 heavy (non-hydrogen) atoms. The molecule has 2 rings (SSSR count). The number of hydrogen-bond donors (Lipinski definition) is 2. The van der Waals surface area contributed by atoms with Crippen molar-refractivity contribution in [2.45, 2.75) is 20.1 Å². The van der Waals surface area contributed by atoms with Crippen molar-refractivity contribution in [3.63, 3.8) is 0 Å². The summed E-state index contributed by atoms with van der Waals surface area (Å²) in [7, 11) is 0. The topological polar surface area (TPSA) is 54.4 Å². The number of ether oxygens (including phenoxy) is 1. The molecule has 4 nitrogen and oxygen atoms in total. The van der Waals surface area contributed by atoms with Crippen molar-refractivity contribution in [1.82, 2.24) is 4.98 Å². The Hall–Kier alpha value is -2.07. The zero-order valence-corrected chi connectivity index (χ0v) is 11.0. The maximum absolute atomic E-state index is 9.11. The van der Waals surface area contributed by atoms with Gasteiger partial charge in [-0.2, -0.15) is 0 Å². The number of nitrogens with one attached hydrogen (secondary N) is 1. The summed E-state index contributed by atoms with van der Waals surface area (Å²) >= 11 is 0. The SMILES string of the molecule is CCOc1cccnc1NCc1cccc(CO)c1. The van der Waals surface area contributed by atoms with Crippen LogP contribution in [0.15, 0.2) is 42.6 Å². The minimum atomic E-state index is 0.0572. The molecule has 0 bridgehead atoms. The van der Waals surface area contributed by atoms with Crippen LogP contribution in [0.1, 0.15) is 18.1 Å². The largest absolute Gasteiger partial charge is 0.490 e. The van der Waals surface area contributed by atoms with Crippen molar-refractivity contribution >= 4 is 5.82 Å². The first-order chi connectivity index (χ1) is 9.33. The molecule has 0 aliphatic carbocycles. The lowest BCUT2D eigenvalue weighted by molar-refractivity contribution is 0.281. The van der Waals surface area contributed by atoms with Crippen LogP contribution in [0.4, 0.5) is 5.82 Å². The molecule has 0 radical (unpaired) electrons. The van der Waals surface area contributed by atoms with Gasteiger partial charge in [-0.3, -0.25) is 0 Å². The molecule has 100 valence electrons. The van der Waals surface area contributed by atoms with Crippen molar-refractivity contribution in [3.05, 3.63) is 53.7 Å². The molecule has 2 aromatic rings. The van der Waals surface area contributed by atoms with E-state index in [1.165, 1.54) is 0 Å². The maximum atomic E-state index is 9.11. The first-order valence-electron chi connectivity index (χ1n) is 6.34. The molecule has 0 unspecified atom stereocenters. The summed E-state index contributed by atoms with van der Waals surface area (Å²) in [5.74, 6) is 1.49. The van der Waals surface area contributed by atoms with E-state index in [4.69, 9.17) is 9.84 Å². The van der Waals surface area contributed by atoms with Crippen LogP contribution in [-0.4, -0.2) is 16.7 Å². The second kappa shape index (κ2) is 6.75. The zero-order valence-electron chi connectivity index (χ0n) is 11.0. The van der Waals surface area contributed by atoms with Crippen molar-refractivity contribution in [3.8, 4) is 5.75 Å². The summed E-state index contributed by atoms with van der Waals surface area (Å²) in [6.07, 6.45) is 1.73. The van der Waals surface area contributed by atoms with Crippen LogP contribution in [-0.2, 0) is 13.2 Å². The second-order valence-electron chi connectivity index (χ2n) is 4.11. The predicted octanol–water partition coefficient (Wildman–Crippen LogP) is 2.58. The van der Waals surface area contributed by atoms with Gasteiger partial charge in [-0.15, -0.1) is 0 Å². The summed E-state index contributed by atoms with van der Waals surface area (Å²) in [4.78, 5) is 4.27. The lowest BCUT2D eigenvalue weighted by atomic mass is 10.1. The Kier molecular flexibility index (Phi) is 4.75. The van der Waals surface area contributed by atoms with Crippen LogP contribution in [0.5, 0.6) is 5.75 Å². The number of pyridine rings is 1. The number of rotatable bonds is 6. The van der Waals surface area contributed by atoms with E-state index in [2.05, 4.69) is 10.3 Å². The van der Waals surface area contributed by atoms with E-state index in [9.17, 15) is 0 Å². The number of nitrogens with zero attached hydrogens (tertiary/aromatic N) is 1. The van der Waals surface area contributed by atoms with E-state index in [1.807, 2.05) is 43.3 Å². The molecule has 0 atom stereocenters. The molecule has 0 spiro atoms. The van der Waals surface area contributed by atoms with Crippen molar-refractivity contribution < 1.29 is 9.84 Å². The van der Waals surface area contributed by atoms with E-state index >= 15 is 0 Å². The Morgan fingerprint density at radius 3 is 2.84 bits per heavy atom. The normalized spacial score (nSPS) is 10.2. The average molecular weight is 258 g/mol. The third-order valence-electron chi connectivity index (χ3n) is 2.70. The van der Waals surface area contributed by atoms with Crippen LogP contribution in [0.3, 0.4) is 0 Å². The molecule has 0 amide bonds. The monoisotopic (exact) mass is 258 g/mol. The van der Waals surface area contributed by atoms with Gasteiger partial charge in [-0.25, -0.2) is 4.98 Å². The lowest BCUT2D eigenvalue weighted by Gasteiger charge is -2.11. The highest BCUT2D eigenvalue weighted by Gasteiger charge is 2.03. The first-order valence-corrected chi connectivity index (χ1v) is 6.34. The fourth-order valence-electron chi connectivity index (χ4n) is 1.82. The first kappa shape index (κ1) is 13.4. The summed E-state index contributed by atoms with van der Waals surface area (Å²) in [6.45, 7) is 3.26. The van der Waals surface area contributed by atoms with E-state index in [0.717, 1.165) is 22.7 Å². The molecule has 1 aromatic carbocycles. The highest BCUT2D eigenvalue weighted by molar-refractivity contribution is 5.49. The highest BCUT2D eigenvalue weighted by atomic mass is 16.5. The minimum Gasteiger partial charge on any atom is -0.490 e.